The van der Waals surface area contributed by atoms with E-state index in [9.17, 15) is 9.59 Å². The number of rotatable bonds is 8. The fourth-order valence-corrected chi connectivity index (χ4v) is 4.78. The smallest absolute Gasteiger partial charge is 0.343 e. The standard InChI is InChI=1S/C31H29NO8/c1-7-32-16-19(22-15-20(35-3)8-10-23(22)32)14-25-28(33)21-9-11-24(17(2)29(21)39-25)40-31(34)18-12-26(36-4)30(38-6)27(13-18)37-5/h8-16H,7H2,1-6H3/b25-14-. The van der Waals surface area contributed by atoms with Crippen LogP contribution in [0, 0.1) is 6.92 Å². The van der Waals surface area contributed by atoms with Crippen molar-refractivity contribution in [3.63, 3.8) is 0 Å². The zero-order valence-corrected chi connectivity index (χ0v) is 23.1. The van der Waals surface area contributed by atoms with Crippen LogP contribution in [0.4, 0.5) is 0 Å². The molecule has 40 heavy (non-hydrogen) atoms. The first-order chi connectivity index (χ1) is 19.3. The molecule has 1 aromatic heterocycles. The summed E-state index contributed by atoms with van der Waals surface area (Å²) in [5.41, 5.74) is 2.98. The van der Waals surface area contributed by atoms with Crippen LogP contribution in [-0.2, 0) is 6.54 Å². The zero-order chi connectivity index (χ0) is 28.6. The van der Waals surface area contributed by atoms with E-state index in [0.29, 0.717) is 34.1 Å². The maximum atomic E-state index is 13.3. The monoisotopic (exact) mass is 543 g/mol. The van der Waals surface area contributed by atoms with Crippen LogP contribution < -0.4 is 28.4 Å². The second-order valence-electron chi connectivity index (χ2n) is 9.06. The van der Waals surface area contributed by atoms with Crippen LogP contribution in [-0.4, -0.2) is 44.8 Å². The summed E-state index contributed by atoms with van der Waals surface area (Å²) in [4.78, 5) is 26.3. The minimum absolute atomic E-state index is 0.184. The van der Waals surface area contributed by atoms with Gasteiger partial charge in [0.05, 0.1) is 39.6 Å². The second kappa shape index (κ2) is 10.7. The van der Waals surface area contributed by atoms with Gasteiger partial charge in [-0.2, -0.15) is 0 Å². The summed E-state index contributed by atoms with van der Waals surface area (Å²) in [5.74, 6) is 1.64. The predicted molar refractivity (Wildman–Crippen MR) is 149 cm³/mol. The Balaban J connectivity index is 1.46. The van der Waals surface area contributed by atoms with Gasteiger partial charge in [-0.15, -0.1) is 0 Å². The highest BCUT2D eigenvalue weighted by Gasteiger charge is 2.31. The number of fused-ring (bicyclic) bond motifs is 2. The van der Waals surface area contributed by atoms with Crippen LogP contribution >= 0.6 is 0 Å². The lowest BCUT2D eigenvalue weighted by atomic mass is 10.1. The summed E-state index contributed by atoms with van der Waals surface area (Å²) in [6.07, 6.45) is 3.71. The van der Waals surface area contributed by atoms with Gasteiger partial charge in [0.1, 0.15) is 17.2 Å². The van der Waals surface area contributed by atoms with Gasteiger partial charge in [-0.3, -0.25) is 4.79 Å². The largest absolute Gasteiger partial charge is 0.497 e. The molecule has 206 valence electrons. The van der Waals surface area contributed by atoms with Crippen molar-refractivity contribution < 1.29 is 38.0 Å². The Kier molecular flexibility index (Phi) is 7.13. The summed E-state index contributed by atoms with van der Waals surface area (Å²) in [6, 6.07) is 12.0. The number of carbonyl (C=O) groups is 2. The molecule has 0 fully saturated rings. The van der Waals surface area contributed by atoms with Crippen molar-refractivity contribution in [3.8, 4) is 34.5 Å². The van der Waals surface area contributed by atoms with Crippen LogP contribution in [0.5, 0.6) is 34.5 Å². The number of ketones is 1. The van der Waals surface area contributed by atoms with E-state index in [0.717, 1.165) is 28.8 Å². The number of allylic oxidation sites excluding steroid dienone is 1. The van der Waals surface area contributed by atoms with Crippen molar-refractivity contribution >= 4 is 28.7 Å². The van der Waals surface area contributed by atoms with E-state index in [4.69, 9.17) is 28.4 Å². The minimum Gasteiger partial charge on any atom is -0.497 e. The van der Waals surface area contributed by atoms with Gasteiger partial charge in [0, 0.05) is 34.8 Å². The molecule has 1 aliphatic rings. The number of hydrogen-bond acceptors (Lipinski definition) is 8. The summed E-state index contributed by atoms with van der Waals surface area (Å²) in [5, 5.41) is 0.942. The number of benzene rings is 3. The molecule has 9 heteroatoms. The van der Waals surface area contributed by atoms with Crippen LogP contribution in [0.2, 0.25) is 0 Å². The van der Waals surface area contributed by atoms with E-state index in [2.05, 4.69) is 11.5 Å². The molecule has 4 aromatic rings. The SMILES string of the molecule is CCn1cc(/C=C2\Oc3c(ccc(OC(=O)c4cc(OC)c(OC)c(OC)c4)c3C)C2=O)c2cc(OC)ccc21. The Hall–Kier alpha value is -4.92. The average molecular weight is 544 g/mol. The molecule has 0 bridgehead atoms. The zero-order valence-electron chi connectivity index (χ0n) is 23.1. The highest BCUT2D eigenvalue weighted by atomic mass is 16.5. The van der Waals surface area contributed by atoms with Gasteiger partial charge in [0.2, 0.25) is 11.5 Å². The molecule has 0 radical (unpaired) electrons. The fourth-order valence-electron chi connectivity index (χ4n) is 4.78. The van der Waals surface area contributed by atoms with E-state index in [1.54, 1.807) is 32.2 Å². The third kappa shape index (κ3) is 4.49. The molecule has 0 spiro atoms. The quantitative estimate of drug-likeness (QED) is 0.155. The van der Waals surface area contributed by atoms with Gasteiger partial charge in [-0.25, -0.2) is 4.79 Å². The molecule has 0 atom stereocenters. The molecule has 3 aromatic carbocycles. The molecule has 0 N–H and O–H groups in total. The number of hydrogen-bond donors (Lipinski definition) is 0. The summed E-state index contributed by atoms with van der Waals surface area (Å²) in [6.45, 7) is 4.55. The topological polar surface area (TPSA) is 94.5 Å². The van der Waals surface area contributed by atoms with Crippen molar-refractivity contribution in [1.82, 2.24) is 4.57 Å². The average Bonchev–Trinajstić information content (AvgIpc) is 3.50. The molecule has 0 saturated heterocycles. The van der Waals surface area contributed by atoms with Crippen LogP contribution in [0.1, 0.15) is 38.8 Å². The number of aromatic nitrogens is 1. The molecule has 9 nitrogen and oxygen atoms in total. The molecular formula is C31H29NO8. The molecule has 0 amide bonds. The van der Waals surface area contributed by atoms with Gasteiger partial charge >= 0.3 is 5.97 Å². The van der Waals surface area contributed by atoms with Crippen molar-refractivity contribution in [2.75, 3.05) is 28.4 Å². The molecule has 1 aliphatic heterocycles. The van der Waals surface area contributed by atoms with Gasteiger partial charge in [0.25, 0.3) is 0 Å². The van der Waals surface area contributed by atoms with E-state index < -0.39 is 5.97 Å². The third-order valence-electron chi connectivity index (χ3n) is 6.89. The van der Waals surface area contributed by atoms with Crippen molar-refractivity contribution in [3.05, 3.63) is 76.7 Å². The number of methoxy groups -OCH3 is 4. The van der Waals surface area contributed by atoms with Gasteiger partial charge < -0.3 is 33.0 Å². The number of nitrogens with zero attached hydrogens (tertiary/aromatic N) is 1. The fraction of sp³-hybridized carbons (Fsp3) is 0.226. The lowest BCUT2D eigenvalue weighted by Crippen LogP contribution is -2.10. The summed E-state index contributed by atoms with van der Waals surface area (Å²) in [7, 11) is 6.03. The summed E-state index contributed by atoms with van der Waals surface area (Å²) < 4.78 is 35.3. The van der Waals surface area contributed by atoms with Crippen LogP contribution in [0.25, 0.3) is 17.0 Å². The maximum Gasteiger partial charge on any atom is 0.343 e. The number of aryl methyl sites for hydroxylation is 1. The van der Waals surface area contributed by atoms with Gasteiger partial charge in [0.15, 0.2) is 17.3 Å². The Labute approximate surface area is 231 Å². The van der Waals surface area contributed by atoms with Gasteiger partial charge in [-0.1, -0.05) is 0 Å². The first kappa shape index (κ1) is 26.7. The van der Waals surface area contributed by atoms with Gasteiger partial charge in [-0.05, 0) is 62.4 Å². The highest BCUT2D eigenvalue weighted by Crippen LogP contribution is 2.41. The minimum atomic E-state index is -0.635. The van der Waals surface area contributed by atoms with Crippen LogP contribution in [0.15, 0.2) is 54.4 Å². The first-order valence-corrected chi connectivity index (χ1v) is 12.6. The van der Waals surface area contributed by atoms with E-state index in [1.165, 1.54) is 33.5 Å². The lowest BCUT2D eigenvalue weighted by molar-refractivity contribution is 0.0732. The number of Topliss-reactive ketones (excluding diaryl/α,β-unsaturated/α-hetero) is 1. The molecule has 2 heterocycles. The Morgan fingerprint density at radius 1 is 0.925 bits per heavy atom. The Morgan fingerprint density at radius 2 is 1.65 bits per heavy atom. The van der Waals surface area contributed by atoms with E-state index >= 15 is 0 Å². The predicted octanol–water partition coefficient (Wildman–Crippen LogP) is 5.84. The Morgan fingerprint density at radius 3 is 2.27 bits per heavy atom. The summed E-state index contributed by atoms with van der Waals surface area (Å²) >= 11 is 0. The van der Waals surface area contributed by atoms with E-state index in [1.807, 2.05) is 24.4 Å². The third-order valence-corrected chi connectivity index (χ3v) is 6.89. The molecule has 0 unspecified atom stereocenters. The molecule has 0 aliphatic carbocycles. The maximum absolute atomic E-state index is 13.3. The Bertz CT molecular complexity index is 1660. The molecular weight excluding hydrogens is 514 g/mol. The van der Waals surface area contributed by atoms with Crippen molar-refractivity contribution in [1.29, 1.82) is 0 Å². The normalized spacial score (nSPS) is 13.2. The van der Waals surface area contributed by atoms with E-state index in [-0.39, 0.29) is 22.9 Å². The van der Waals surface area contributed by atoms with Crippen LogP contribution in [0.3, 0.4) is 0 Å². The van der Waals surface area contributed by atoms with Crippen molar-refractivity contribution in [2.24, 2.45) is 0 Å². The number of esters is 1. The lowest BCUT2D eigenvalue weighted by Gasteiger charge is -2.14. The highest BCUT2D eigenvalue weighted by molar-refractivity contribution is 6.15. The number of ether oxygens (including phenoxy) is 6. The second-order valence-corrected chi connectivity index (χ2v) is 9.06. The molecule has 0 saturated carbocycles. The van der Waals surface area contributed by atoms with Crippen molar-refractivity contribution in [2.45, 2.75) is 20.4 Å². The number of carbonyl (C=O) groups excluding carboxylic acids is 2. The molecule has 5 rings (SSSR count). The first-order valence-electron chi connectivity index (χ1n) is 12.6.